The molecule has 1 aromatic heterocycles. The number of carbonyl (C=O) groups excluding carboxylic acids is 2. The molecular weight excluding hydrogens is 496 g/mol. The van der Waals surface area contributed by atoms with E-state index in [0.29, 0.717) is 44.2 Å². The molecule has 210 valence electrons. The highest BCUT2D eigenvalue weighted by Crippen LogP contribution is 2.29. The summed E-state index contributed by atoms with van der Waals surface area (Å²) in [7, 11) is 0. The van der Waals surface area contributed by atoms with Crippen molar-refractivity contribution in [1.82, 2.24) is 24.7 Å². The molecule has 0 spiro atoms. The van der Waals surface area contributed by atoms with E-state index in [1.54, 1.807) is 35.9 Å². The molecule has 0 radical (unpaired) electrons. The van der Waals surface area contributed by atoms with Gasteiger partial charge in [0.1, 0.15) is 5.82 Å². The molecule has 2 fully saturated rings. The summed E-state index contributed by atoms with van der Waals surface area (Å²) in [4.78, 5) is 45.4. The van der Waals surface area contributed by atoms with Gasteiger partial charge in [-0.3, -0.25) is 14.7 Å². The van der Waals surface area contributed by atoms with E-state index in [2.05, 4.69) is 27.8 Å². The Bertz CT molecular complexity index is 1270. The van der Waals surface area contributed by atoms with Gasteiger partial charge in [0.2, 0.25) is 5.91 Å². The third-order valence-corrected chi connectivity index (χ3v) is 8.18. The zero-order chi connectivity index (χ0) is 27.7. The maximum Gasteiger partial charge on any atom is 0.354 e. The molecule has 1 unspecified atom stereocenters. The second-order valence-electron chi connectivity index (χ2n) is 11.7. The standard InChI is InChI=1S/C28H40N8O3/c1-28(2,30)25(37)34-9-11-35(12-10-34)26(38)32-24-7-8-36(27(39)33-24)23-6-4-19-3-5-21(15-20(19)16-23)31-22-13-18(14-22)17-29/h4,6-8,16,18,21-22,31H,3,5,9-15,17,29-30H2,1-2H3,(H,32,33,38,39). The molecule has 6 N–H and O–H groups in total. The van der Waals surface area contributed by atoms with Gasteiger partial charge in [0.05, 0.1) is 11.2 Å². The van der Waals surface area contributed by atoms with E-state index in [0.717, 1.165) is 44.3 Å². The van der Waals surface area contributed by atoms with Crippen molar-refractivity contribution in [3.63, 3.8) is 0 Å². The molecule has 5 rings (SSSR count). The monoisotopic (exact) mass is 536 g/mol. The number of nitrogens with zero attached hydrogens (tertiary/aromatic N) is 4. The summed E-state index contributed by atoms with van der Waals surface area (Å²) in [6.45, 7) is 5.70. The Kier molecular flexibility index (Phi) is 7.75. The van der Waals surface area contributed by atoms with E-state index in [1.165, 1.54) is 15.7 Å². The third kappa shape index (κ3) is 6.15. The first kappa shape index (κ1) is 27.3. The average molecular weight is 537 g/mol. The largest absolute Gasteiger partial charge is 0.354 e. The maximum atomic E-state index is 12.9. The molecule has 3 amide bonds. The van der Waals surface area contributed by atoms with Gasteiger partial charge in [0.25, 0.3) is 0 Å². The van der Waals surface area contributed by atoms with Gasteiger partial charge in [-0.25, -0.2) is 9.59 Å². The van der Waals surface area contributed by atoms with Gasteiger partial charge in [0, 0.05) is 44.5 Å². The molecule has 1 saturated carbocycles. The Balaban J connectivity index is 1.19. The molecule has 1 atom stereocenters. The summed E-state index contributed by atoms with van der Waals surface area (Å²) in [5.74, 6) is 0.712. The Labute approximate surface area is 228 Å². The number of benzene rings is 1. The van der Waals surface area contributed by atoms with Crippen LogP contribution in [0.4, 0.5) is 10.6 Å². The molecule has 2 aromatic rings. The number of nitrogens with two attached hydrogens (primary N) is 2. The van der Waals surface area contributed by atoms with Crippen LogP contribution in [0.3, 0.4) is 0 Å². The lowest BCUT2D eigenvalue weighted by Crippen LogP contribution is -2.58. The summed E-state index contributed by atoms with van der Waals surface area (Å²) < 4.78 is 1.50. The SMILES string of the molecule is CC(C)(N)C(=O)N1CCN(C(=O)Nc2ccn(-c3ccc4c(c3)CC(NC3CC(CN)C3)CC4)c(=O)n2)CC1. The molecule has 1 aromatic carbocycles. The Morgan fingerprint density at radius 3 is 2.44 bits per heavy atom. The highest BCUT2D eigenvalue weighted by molar-refractivity contribution is 5.89. The predicted octanol–water partition coefficient (Wildman–Crippen LogP) is 0.830. The van der Waals surface area contributed by atoms with Crippen LogP contribution in [0.1, 0.15) is 44.2 Å². The summed E-state index contributed by atoms with van der Waals surface area (Å²) in [5, 5.41) is 6.51. The number of urea groups is 1. The first-order valence-corrected chi connectivity index (χ1v) is 13.9. The lowest BCUT2D eigenvalue weighted by atomic mass is 9.79. The number of nitrogens with one attached hydrogen (secondary N) is 2. The second kappa shape index (κ2) is 11.1. The van der Waals surface area contributed by atoms with E-state index in [1.807, 2.05) is 6.07 Å². The summed E-state index contributed by atoms with van der Waals surface area (Å²) >= 11 is 0. The highest BCUT2D eigenvalue weighted by Gasteiger charge is 2.32. The summed E-state index contributed by atoms with van der Waals surface area (Å²) in [6.07, 6.45) is 7.03. The van der Waals surface area contributed by atoms with Crippen LogP contribution >= 0.6 is 0 Å². The minimum Gasteiger partial charge on any atom is -0.338 e. The normalized spacial score (nSPS) is 23.1. The molecule has 1 aliphatic heterocycles. The second-order valence-corrected chi connectivity index (χ2v) is 11.7. The van der Waals surface area contributed by atoms with E-state index >= 15 is 0 Å². The fraction of sp³-hybridized carbons (Fsp3) is 0.571. The number of amides is 3. The van der Waals surface area contributed by atoms with E-state index < -0.39 is 11.2 Å². The van der Waals surface area contributed by atoms with Gasteiger partial charge in [-0.05, 0) is 87.7 Å². The molecule has 11 heteroatoms. The maximum absolute atomic E-state index is 12.9. The first-order valence-electron chi connectivity index (χ1n) is 13.9. The Morgan fingerprint density at radius 2 is 1.77 bits per heavy atom. The van der Waals surface area contributed by atoms with Crippen LogP contribution < -0.4 is 27.8 Å². The first-order chi connectivity index (χ1) is 18.6. The van der Waals surface area contributed by atoms with Gasteiger partial charge in [-0.15, -0.1) is 0 Å². The van der Waals surface area contributed by atoms with E-state index in [4.69, 9.17) is 11.5 Å². The predicted molar refractivity (Wildman–Crippen MR) is 150 cm³/mol. The minimum atomic E-state index is -0.945. The zero-order valence-corrected chi connectivity index (χ0v) is 22.9. The lowest BCUT2D eigenvalue weighted by molar-refractivity contribution is -0.137. The number of aromatic nitrogens is 2. The molecule has 3 aliphatic rings. The van der Waals surface area contributed by atoms with Crippen LogP contribution in [0, 0.1) is 5.92 Å². The number of aryl methyl sites for hydroxylation is 1. The number of rotatable bonds is 6. The molecule has 2 heterocycles. The lowest BCUT2D eigenvalue weighted by Gasteiger charge is -2.39. The van der Waals surface area contributed by atoms with Gasteiger partial charge in [-0.2, -0.15) is 4.98 Å². The van der Waals surface area contributed by atoms with Crippen molar-refractivity contribution in [2.75, 3.05) is 38.0 Å². The molecule has 0 bridgehead atoms. The number of hydrogen-bond acceptors (Lipinski definition) is 7. The van der Waals surface area contributed by atoms with Crippen molar-refractivity contribution in [3.8, 4) is 5.69 Å². The van der Waals surface area contributed by atoms with Crippen LogP contribution in [-0.2, 0) is 17.6 Å². The third-order valence-electron chi connectivity index (χ3n) is 8.18. The van der Waals surface area contributed by atoms with E-state index in [-0.39, 0.29) is 17.8 Å². The fourth-order valence-corrected chi connectivity index (χ4v) is 5.81. The van der Waals surface area contributed by atoms with Crippen LogP contribution in [0.25, 0.3) is 5.69 Å². The summed E-state index contributed by atoms with van der Waals surface area (Å²) in [6, 6.07) is 8.41. The van der Waals surface area contributed by atoms with Crippen molar-refractivity contribution in [1.29, 1.82) is 0 Å². The highest BCUT2D eigenvalue weighted by atomic mass is 16.2. The number of fused-ring (bicyclic) bond motifs is 1. The molecule has 39 heavy (non-hydrogen) atoms. The molecule has 11 nitrogen and oxygen atoms in total. The van der Waals surface area contributed by atoms with Crippen LogP contribution in [0.5, 0.6) is 0 Å². The van der Waals surface area contributed by atoms with Gasteiger partial charge in [-0.1, -0.05) is 6.07 Å². The van der Waals surface area contributed by atoms with Crippen LogP contribution in [0.15, 0.2) is 35.3 Å². The fourth-order valence-electron chi connectivity index (χ4n) is 5.81. The number of anilines is 1. The number of hydrogen-bond donors (Lipinski definition) is 4. The number of piperazine rings is 1. The molecule has 2 aliphatic carbocycles. The Hall–Kier alpha value is -3.28. The van der Waals surface area contributed by atoms with Gasteiger partial charge >= 0.3 is 11.7 Å². The van der Waals surface area contributed by atoms with Crippen molar-refractivity contribution in [3.05, 3.63) is 52.1 Å². The van der Waals surface area contributed by atoms with Crippen molar-refractivity contribution in [2.24, 2.45) is 17.4 Å². The minimum absolute atomic E-state index is 0.138. The van der Waals surface area contributed by atoms with Crippen molar-refractivity contribution >= 4 is 17.8 Å². The smallest absolute Gasteiger partial charge is 0.338 e. The molecule has 1 saturated heterocycles. The summed E-state index contributed by atoms with van der Waals surface area (Å²) in [5.41, 5.74) is 13.6. The topological polar surface area (TPSA) is 152 Å². The van der Waals surface area contributed by atoms with Crippen molar-refractivity contribution < 1.29 is 9.59 Å². The van der Waals surface area contributed by atoms with Gasteiger partial charge < -0.3 is 26.6 Å². The van der Waals surface area contributed by atoms with E-state index in [9.17, 15) is 14.4 Å². The Morgan fingerprint density at radius 1 is 1.05 bits per heavy atom. The quantitative estimate of drug-likeness (QED) is 0.427. The average Bonchev–Trinajstić information content (AvgIpc) is 2.89. The van der Waals surface area contributed by atoms with Crippen LogP contribution in [-0.4, -0.2) is 81.6 Å². The number of carbonyl (C=O) groups is 2. The van der Waals surface area contributed by atoms with Crippen LogP contribution in [0.2, 0.25) is 0 Å². The van der Waals surface area contributed by atoms with Crippen molar-refractivity contribution in [2.45, 2.75) is 63.6 Å². The molecular formula is C28H40N8O3. The van der Waals surface area contributed by atoms with Gasteiger partial charge in [0.15, 0.2) is 0 Å². The zero-order valence-electron chi connectivity index (χ0n) is 22.9.